The van der Waals surface area contributed by atoms with Crippen LogP contribution in [0.4, 0.5) is 11.4 Å². The summed E-state index contributed by atoms with van der Waals surface area (Å²) in [6.45, 7) is 4.92. The fraction of sp³-hybridized carbons (Fsp3) is 0.472. The van der Waals surface area contributed by atoms with Gasteiger partial charge in [0, 0.05) is 53.0 Å². The molecule has 2 aromatic rings. The summed E-state index contributed by atoms with van der Waals surface area (Å²) in [5.74, 6) is -4.81. The summed E-state index contributed by atoms with van der Waals surface area (Å²) in [6.07, 6.45) is 4.90. The Morgan fingerprint density at radius 1 is 0.793 bits per heavy atom. The molecule has 2 aliphatic heterocycles. The van der Waals surface area contributed by atoms with Crippen LogP contribution >= 0.6 is 0 Å². The van der Waals surface area contributed by atoms with Gasteiger partial charge in [-0.15, -0.1) is 0 Å². The molecule has 2 aliphatic rings. The van der Waals surface area contributed by atoms with E-state index in [-0.39, 0.29) is 62.0 Å². The van der Waals surface area contributed by atoms with Crippen LogP contribution in [0.2, 0.25) is 0 Å². The number of anilines is 1. The molecular formula is C36H47N2O16S4+. The number of ether oxygens (including phenoxy) is 1. The predicted molar refractivity (Wildman–Crippen MR) is 214 cm³/mol. The second-order valence-electron chi connectivity index (χ2n) is 14.7. The average molecular weight is 892 g/mol. The fourth-order valence-electron chi connectivity index (χ4n) is 7.57. The van der Waals surface area contributed by atoms with Gasteiger partial charge in [-0.3, -0.25) is 18.2 Å². The maximum absolute atomic E-state index is 13.5. The highest BCUT2D eigenvalue weighted by Gasteiger charge is 2.48. The largest absolute Gasteiger partial charge is 0.478 e. The molecule has 22 heteroatoms. The minimum Gasteiger partial charge on any atom is -0.478 e. The minimum atomic E-state index is -4.42. The van der Waals surface area contributed by atoms with Crippen LogP contribution in [-0.4, -0.2) is 122 Å². The normalized spacial score (nSPS) is 18.9. The molecule has 58 heavy (non-hydrogen) atoms. The first kappa shape index (κ1) is 46.7. The number of nitrogens with zero attached hydrogens (tertiary/aromatic N) is 2. The summed E-state index contributed by atoms with van der Waals surface area (Å²) in [5.41, 5.74) is 0.525. The summed E-state index contributed by atoms with van der Waals surface area (Å²) in [6, 6.07) is 9.62. The fourth-order valence-corrected chi connectivity index (χ4v) is 9.55. The highest BCUT2D eigenvalue weighted by Crippen LogP contribution is 2.50. The Morgan fingerprint density at radius 2 is 1.36 bits per heavy atom. The number of hydrogen-bond acceptors (Lipinski definition) is 12. The number of esters is 1. The second kappa shape index (κ2) is 17.7. The molecule has 0 radical (unpaired) electrons. The predicted octanol–water partition coefficient (Wildman–Crippen LogP) is 3.64. The van der Waals surface area contributed by atoms with Crippen LogP contribution in [0.5, 0.6) is 0 Å². The zero-order valence-electron chi connectivity index (χ0n) is 31.9. The summed E-state index contributed by atoms with van der Waals surface area (Å²) < 4.78 is 137. The molecule has 320 valence electrons. The Kier molecular flexibility index (Phi) is 14.2. The highest BCUT2D eigenvalue weighted by molar-refractivity contribution is 7.86. The zero-order chi connectivity index (χ0) is 43.5. The Bertz CT molecular complexity index is 2490. The smallest absolute Gasteiger partial charge is 0.338 e. The van der Waals surface area contributed by atoms with E-state index < -0.39 is 92.9 Å². The van der Waals surface area contributed by atoms with Crippen molar-refractivity contribution < 1.29 is 75.9 Å². The van der Waals surface area contributed by atoms with Gasteiger partial charge in [-0.2, -0.15) is 38.2 Å². The number of fused-ring (bicyclic) bond motifs is 2. The van der Waals surface area contributed by atoms with Crippen LogP contribution in [0, 0.1) is 0 Å². The molecular weight excluding hydrogens is 845 g/mol. The molecule has 0 bridgehead atoms. The number of benzene rings is 2. The number of allylic oxidation sites excluding steroid dienone is 4. The molecule has 0 fully saturated rings. The van der Waals surface area contributed by atoms with Crippen molar-refractivity contribution in [3.05, 3.63) is 82.6 Å². The number of rotatable bonds is 20. The first-order valence-corrected chi connectivity index (χ1v) is 24.4. The Balaban J connectivity index is 1.88. The van der Waals surface area contributed by atoms with Gasteiger partial charge in [0.1, 0.15) is 6.54 Å². The van der Waals surface area contributed by atoms with Crippen LogP contribution in [0.25, 0.3) is 0 Å². The van der Waals surface area contributed by atoms with Gasteiger partial charge in [-0.05, 0) is 50.8 Å². The third kappa shape index (κ3) is 11.8. The average Bonchev–Trinajstić information content (AvgIpc) is 3.44. The van der Waals surface area contributed by atoms with Gasteiger partial charge in [0.2, 0.25) is 5.69 Å². The van der Waals surface area contributed by atoms with Crippen molar-refractivity contribution in [3.63, 3.8) is 0 Å². The van der Waals surface area contributed by atoms with E-state index >= 15 is 0 Å². The third-order valence-electron chi connectivity index (χ3n) is 10.0. The van der Waals surface area contributed by atoms with Crippen molar-refractivity contribution in [3.8, 4) is 0 Å². The van der Waals surface area contributed by atoms with Gasteiger partial charge in [0.05, 0.1) is 46.2 Å². The van der Waals surface area contributed by atoms with Crippen molar-refractivity contribution in [2.75, 3.05) is 47.6 Å². The standard InChI is InChI=1S/C36H46N2O16S4/c1-35(2)30(13-6-14-31-36(3,15-7-19-55(42,43)44)27-11-4-5-12-28(27)37(31)16-8-20-56(45,46)47)38(17-9-21-57(48,49)50)29-24-25(33(39)40)23-26(32(29)35)34(41)54-18-10-22-58(51,52)53/h4-6,11-14,23-24H,7-10,15-22H2,1-3H3,(H4-,39,40,42,43,44,45,46,47,48,49,50,51,52,53)/p+1. The van der Waals surface area contributed by atoms with Crippen LogP contribution in [0.3, 0.4) is 0 Å². The molecule has 1 atom stereocenters. The first-order valence-electron chi connectivity index (χ1n) is 17.9. The molecule has 0 saturated carbocycles. The van der Waals surface area contributed by atoms with Gasteiger partial charge in [0.25, 0.3) is 40.5 Å². The van der Waals surface area contributed by atoms with Crippen molar-refractivity contribution in [1.82, 2.24) is 0 Å². The van der Waals surface area contributed by atoms with E-state index in [4.69, 9.17) is 9.29 Å². The first-order chi connectivity index (χ1) is 26.6. The molecule has 4 rings (SSSR count). The molecule has 0 aliphatic carbocycles. The molecule has 0 amide bonds. The SMILES string of the molecule is CC1(CCCS(=O)(=O)O)C(/C=C/C=C2/N(CCCS(=O)(=O)O)c3cc(C(=O)O)cc(C(=O)OCCCS(=O)(=O)O)c3C2(C)C)=[N+](CCCS(=O)(=O)O)c2ccccc21. The summed E-state index contributed by atoms with van der Waals surface area (Å²) in [5, 5.41) is 10.0. The monoisotopic (exact) mass is 891 g/mol. The van der Waals surface area contributed by atoms with Crippen LogP contribution in [-0.2, 0) is 56.0 Å². The van der Waals surface area contributed by atoms with Crippen molar-refractivity contribution in [1.29, 1.82) is 0 Å². The number of carboxylic acids is 1. The van der Waals surface area contributed by atoms with E-state index in [9.17, 15) is 62.0 Å². The zero-order valence-corrected chi connectivity index (χ0v) is 35.2. The van der Waals surface area contributed by atoms with E-state index in [1.165, 1.54) is 6.07 Å². The lowest BCUT2D eigenvalue weighted by molar-refractivity contribution is -0.437. The lowest BCUT2D eigenvalue weighted by Gasteiger charge is -2.27. The topological polar surface area (TPSA) is 287 Å². The maximum Gasteiger partial charge on any atom is 0.338 e. The number of aromatic carboxylic acids is 1. The van der Waals surface area contributed by atoms with Crippen LogP contribution in [0.15, 0.2) is 60.3 Å². The number of hydrogen-bond donors (Lipinski definition) is 5. The Hall–Kier alpha value is -4.03. The van der Waals surface area contributed by atoms with Gasteiger partial charge in [0.15, 0.2) is 5.71 Å². The molecule has 0 aromatic heterocycles. The molecule has 2 heterocycles. The van der Waals surface area contributed by atoms with E-state index in [0.717, 1.165) is 11.6 Å². The van der Waals surface area contributed by atoms with Crippen LogP contribution in [0.1, 0.15) is 84.7 Å². The van der Waals surface area contributed by atoms with Crippen LogP contribution < -0.4 is 4.90 Å². The van der Waals surface area contributed by atoms with Gasteiger partial charge in [-0.1, -0.05) is 38.1 Å². The minimum absolute atomic E-state index is 0.0111. The van der Waals surface area contributed by atoms with E-state index in [0.29, 0.717) is 22.7 Å². The second-order valence-corrected chi connectivity index (χ2v) is 21.0. The Morgan fingerprint density at radius 3 is 1.97 bits per heavy atom. The lowest BCUT2D eigenvalue weighted by Crippen LogP contribution is -2.32. The van der Waals surface area contributed by atoms with E-state index in [1.807, 2.05) is 17.6 Å². The van der Waals surface area contributed by atoms with Crippen molar-refractivity contribution >= 4 is 69.5 Å². The molecule has 2 aromatic carbocycles. The molecule has 1 unspecified atom stereocenters. The summed E-state index contributed by atoms with van der Waals surface area (Å²) in [7, 11) is -17.4. The van der Waals surface area contributed by atoms with Gasteiger partial charge >= 0.3 is 11.9 Å². The third-order valence-corrected chi connectivity index (χ3v) is 13.2. The molecule has 0 saturated heterocycles. The maximum atomic E-state index is 13.5. The highest BCUT2D eigenvalue weighted by atomic mass is 32.2. The number of carbonyl (C=O) groups excluding carboxylic acids is 1. The lowest BCUT2D eigenvalue weighted by atomic mass is 9.75. The van der Waals surface area contributed by atoms with Crippen molar-refractivity contribution in [2.24, 2.45) is 0 Å². The Labute approximate surface area is 337 Å². The van der Waals surface area contributed by atoms with Gasteiger partial charge in [-0.25, -0.2) is 9.59 Å². The number of para-hydroxylation sites is 1. The van der Waals surface area contributed by atoms with E-state index in [2.05, 4.69) is 0 Å². The number of carboxylic acid groups (broad SMARTS) is 1. The quantitative estimate of drug-likeness (QED) is 0.0549. The number of carbonyl (C=O) groups is 2. The summed E-state index contributed by atoms with van der Waals surface area (Å²) >= 11 is 0. The summed E-state index contributed by atoms with van der Waals surface area (Å²) in [4.78, 5) is 27.5. The van der Waals surface area contributed by atoms with Gasteiger partial charge < -0.3 is 14.7 Å². The molecule has 5 N–H and O–H groups in total. The molecule has 18 nitrogen and oxygen atoms in total. The van der Waals surface area contributed by atoms with E-state index in [1.54, 1.807) is 55.2 Å². The molecule has 0 spiro atoms. The van der Waals surface area contributed by atoms with Crippen molar-refractivity contribution in [2.45, 2.75) is 63.7 Å².